The fourth-order valence-corrected chi connectivity index (χ4v) is 3.99. The SMILES string of the molecule is CNC(=O)c1ccc(OC)c(NC(=O)Cc2csc(-c3cccs3)n2)c1. The van der Waals surface area contributed by atoms with E-state index in [9.17, 15) is 9.59 Å². The van der Waals surface area contributed by atoms with Crippen LogP contribution in [-0.2, 0) is 11.2 Å². The van der Waals surface area contributed by atoms with Gasteiger partial charge in [-0.15, -0.1) is 22.7 Å². The second kappa shape index (κ2) is 8.11. The molecule has 0 atom stereocenters. The summed E-state index contributed by atoms with van der Waals surface area (Å²) in [5.41, 5.74) is 1.60. The van der Waals surface area contributed by atoms with E-state index in [2.05, 4.69) is 15.6 Å². The highest BCUT2D eigenvalue weighted by molar-refractivity contribution is 7.20. The van der Waals surface area contributed by atoms with Crippen molar-refractivity contribution in [2.45, 2.75) is 6.42 Å². The molecule has 0 aliphatic rings. The van der Waals surface area contributed by atoms with Gasteiger partial charge in [0, 0.05) is 18.0 Å². The van der Waals surface area contributed by atoms with Gasteiger partial charge in [-0.2, -0.15) is 0 Å². The second-order valence-corrected chi connectivity index (χ2v) is 7.15. The molecule has 2 N–H and O–H groups in total. The number of nitrogens with zero attached hydrogens (tertiary/aromatic N) is 1. The molecular formula is C18H17N3O3S2. The zero-order valence-corrected chi connectivity index (χ0v) is 15.9. The van der Waals surface area contributed by atoms with Crippen molar-refractivity contribution in [1.29, 1.82) is 0 Å². The number of aromatic nitrogens is 1. The molecular weight excluding hydrogens is 370 g/mol. The number of ether oxygens (including phenoxy) is 1. The van der Waals surface area contributed by atoms with E-state index in [0.717, 1.165) is 9.88 Å². The third kappa shape index (κ3) is 4.09. The van der Waals surface area contributed by atoms with Crippen molar-refractivity contribution in [2.75, 3.05) is 19.5 Å². The number of rotatable bonds is 6. The lowest BCUT2D eigenvalue weighted by atomic mass is 10.1. The summed E-state index contributed by atoms with van der Waals surface area (Å²) in [5.74, 6) is 0.0344. The highest BCUT2D eigenvalue weighted by Gasteiger charge is 2.14. The van der Waals surface area contributed by atoms with Gasteiger partial charge in [0.15, 0.2) is 0 Å². The number of thiazole rings is 1. The first-order valence-corrected chi connectivity index (χ1v) is 9.55. The van der Waals surface area contributed by atoms with Crippen LogP contribution < -0.4 is 15.4 Å². The summed E-state index contributed by atoms with van der Waals surface area (Å²) in [7, 11) is 3.07. The van der Waals surface area contributed by atoms with Gasteiger partial charge in [-0.1, -0.05) is 6.07 Å². The van der Waals surface area contributed by atoms with Gasteiger partial charge in [-0.05, 0) is 29.6 Å². The summed E-state index contributed by atoms with van der Waals surface area (Å²) in [4.78, 5) is 29.8. The first-order chi connectivity index (χ1) is 12.6. The zero-order valence-electron chi connectivity index (χ0n) is 14.2. The van der Waals surface area contributed by atoms with Crippen molar-refractivity contribution in [3.8, 4) is 15.6 Å². The summed E-state index contributed by atoms with van der Waals surface area (Å²) >= 11 is 3.13. The van der Waals surface area contributed by atoms with Gasteiger partial charge >= 0.3 is 0 Å². The van der Waals surface area contributed by atoms with Crippen LogP contribution in [0, 0.1) is 0 Å². The van der Waals surface area contributed by atoms with Crippen LogP contribution in [0.2, 0.25) is 0 Å². The first-order valence-electron chi connectivity index (χ1n) is 7.79. The Bertz CT molecular complexity index is 920. The fraction of sp³-hybridized carbons (Fsp3) is 0.167. The minimum Gasteiger partial charge on any atom is -0.495 e. The molecule has 2 amide bonds. The molecule has 134 valence electrons. The predicted molar refractivity (Wildman–Crippen MR) is 104 cm³/mol. The van der Waals surface area contributed by atoms with Crippen LogP contribution in [0.4, 0.5) is 5.69 Å². The Hall–Kier alpha value is -2.71. The molecule has 0 saturated heterocycles. The van der Waals surface area contributed by atoms with E-state index < -0.39 is 0 Å². The maximum Gasteiger partial charge on any atom is 0.251 e. The number of anilines is 1. The van der Waals surface area contributed by atoms with E-state index in [1.807, 2.05) is 22.9 Å². The summed E-state index contributed by atoms with van der Waals surface area (Å²) in [6.07, 6.45) is 0.148. The molecule has 2 heterocycles. The third-order valence-electron chi connectivity index (χ3n) is 3.59. The molecule has 0 aliphatic heterocycles. The highest BCUT2D eigenvalue weighted by Crippen LogP contribution is 2.29. The van der Waals surface area contributed by atoms with Crippen molar-refractivity contribution in [2.24, 2.45) is 0 Å². The quantitative estimate of drug-likeness (QED) is 0.679. The minimum atomic E-state index is -0.233. The molecule has 3 rings (SSSR count). The summed E-state index contributed by atoms with van der Waals surface area (Å²) in [6, 6.07) is 8.86. The van der Waals surface area contributed by atoms with E-state index in [4.69, 9.17) is 4.74 Å². The summed E-state index contributed by atoms with van der Waals surface area (Å²) < 4.78 is 5.26. The number of hydrogen-bond donors (Lipinski definition) is 2. The number of benzene rings is 1. The van der Waals surface area contributed by atoms with Crippen LogP contribution in [0.15, 0.2) is 41.1 Å². The lowest BCUT2D eigenvalue weighted by Crippen LogP contribution is -2.19. The zero-order chi connectivity index (χ0) is 18.5. The standard InChI is InChI=1S/C18H17N3O3S2/c1-19-17(23)11-5-6-14(24-2)13(8-11)21-16(22)9-12-10-26-18(20-12)15-4-3-7-25-15/h3-8,10H,9H2,1-2H3,(H,19,23)(H,21,22). The molecule has 0 saturated carbocycles. The van der Waals surface area contributed by atoms with Crippen LogP contribution in [0.5, 0.6) is 5.75 Å². The molecule has 3 aromatic rings. The maximum absolute atomic E-state index is 12.4. The van der Waals surface area contributed by atoms with Crippen LogP contribution >= 0.6 is 22.7 Å². The molecule has 2 aromatic heterocycles. The van der Waals surface area contributed by atoms with Gasteiger partial charge in [0.2, 0.25) is 5.91 Å². The van der Waals surface area contributed by atoms with Gasteiger partial charge < -0.3 is 15.4 Å². The maximum atomic E-state index is 12.4. The van der Waals surface area contributed by atoms with Crippen LogP contribution in [-0.4, -0.2) is 31.0 Å². The van der Waals surface area contributed by atoms with E-state index >= 15 is 0 Å². The molecule has 0 unspecified atom stereocenters. The Balaban J connectivity index is 1.72. The molecule has 0 bridgehead atoms. The van der Waals surface area contributed by atoms with Crippen molar-refractivity contribution < 1.29 is 14.3 Å². The van der Waals surface area contributed by atoms with Crippen molar-refractivity contribution in [3.05, 3.63) is 52.3 Å². The molecule has 6 nitrogen and oxygen atoms in total. The van der Waals surface area contributed by atoms with E-state index in [-0.39, 0.29) is 18.2 Å². The Morgan fingerprint density at radius 2 is 2.08 bits per heavy atom. The van der Waals surface area contributed by atoms with E-state index in [0.29, 0.717) is 22.7 Å². The Labute approximate surface area is 158 Å². The number of thiophene rings is 1. The van der Waals surface area contributed by atoms with Crippen LogP contribution in [0.3, 0.4) is 0 Å². The first kappa shape index (κ1) is 18.1. The molecule has 0 radical (unpaired) electrons. The molecule has 0 aliphatic carbocycles. The Morgan fingerprint density at radius 1 is 1.23 bits per heavy atom. The Kier molecular flexibility index (Phi) is 5.65. The Morgan fingerprint density at radius 3 is 2.77 bits per heavy atom. The highest BCUT2D eigenvalue weighted by atomic mass is 32.1. The summed E-state index contributed by atoms with van der Waals surface area (Å²) in [5, 5.41) is 10.1. The minimum absolute atomic E-state index is 0.148. The number of carbonyl (C=O) groups excluding carboxylic acids is 2. The van der Waals surface area contributed by atoms with E-state index in [1.54, 1.807) is 36.6 Å². The number of hydrogen-bond acceptors (Lipinski definition) is 6. The predicted octanol–water partition coefficient (Wildman–Crippen LogP) is 3.42. The topological polar surface area (TPSA) is 80.3 Å². The molecule has 1 aromatic carbocycles. The van der Waals surface area contributed by atoms with Crippen LogP contribution in [0.25, 0.3) is 9.88 Å². The number of carbonyl (C=O) groups is 2. The van der Waals surface area contributed by atoms with Gasteiger partial charge in [0.25, 0.3) is 5.91 Å². The number of methoxy groups -OCH3 is 1. The lowest BCUT2D eigenvalue weighted by molar-refractivity contribution is -0.115. The fourth-order valence-electron chi connectivity index (χ4n) is 2.35. The van der Waals surface area contributed by atoms with Crippen LogP contribution in [0.1, 0.15) is 16.1 Å². The monoisotopic (exact) mass is 387 g/mol. The second-order valence-electron chi connectivity index (χ2n) is 5.34. The smallest absolute Gasteiger partial charge is 0.251 e. The number of nitrogens with one attached hydrogen (secondary N) is 2. The molecule has 26 heavy (non-hydrogen) atoms. The van der Waals surface area contributed by atoms with Gasteiger partial charge in [-0.3, -0.25) is 9.59 Å². The summed E-state index contributed by atoms with van der Waals surface area (Å²) in [6.45, 7) is 0. The van der Waals surface area contributed by atoms with Crippen molar-refractivity contribution in [1.82, 2.24) is 10.3 Å². The van der Waals surface area contributed by atoms with E-state index in [1.165, 1.54) is 18.4 Å². The average molecular weight is 387 g/mol. The molecule has 0 spiro atoms. The lowest BCUT2D eigenvalue weighted by Gasteiger charge is -2.11. The average Bonchev–Trinajstić information content (AvgIpc) is 3.32. The largest absolute Gasteiger partial charge is 0.495 e. The number of amides is 2. The van der Waals surface area contributed by atoms with Crippen molar-refractivity contribution in [3.63, 3.8) is 0 Å². The third-order valence-corrected chi connectivity index (χ3v) is 5.52. The van der Waals surface area contributed by atoms with Gasteiger partial charge in [0.1, 0.15) is 10.8 Å². The van der Waals surface area contributed by atoms with Gasteiger partial charge in [0.05, 0.1) is 29.8 Å². The molecule has 8 heteroatoms. The molecule has 0 fully saturated rings. The van der Waals surface area contributed by atoms with Crippen molar-refractivity contribution >= 4 is 40.2 Å². The van der Waals surface area contributed by atoms with Gasteiger partial charge in [-0.25, -0.2) is 4.98 Å². The normalized spacial score (nSPS) is 10.4.